The van der Waals surface area contributed by atoms with Gasteiger partial charge in [0.25, 0.3) is 5.97 Å². The molecule has 0 heterocycles. The van der Waals surface area contributed by atoms with E-state index in [9.17, 15) is 0 Å². The first-order valence-corrected chi connectivity index (χ1v) is 4.08. The zero-order valence-corrected chi connectivity index (χ0v) is 7.23. The minimum Gasteiger partial charge on any atom is -0.481 e. The molecule has 4 heteroatoms. The van der Waals surface area contributed by atoms with Gasteiger partial charge in [0.2, 0.25) is 0 Å². The van der Waals surface area contributed by atoms with Gasteiger partial charge in [-0.3, -0.25) is 4.79 Å². The van der Waals surface area contributed by atoms with Crippen molar-refractivity contribution in [2.75, 3.05) is 0 Å². The number of aliphatic carboxylic acids is 1. The molecule has 0 aromatic heterocycles. The monoisotopic (exact) mass is 176 g/mol. The lowest BCUT2D eigenvalue weighted by Gasteiger charge is -2.20. The minimum atomic E-state index is -0.833. The van der Waals surface area contributed by atoms with Crippen LogP contribution in [0.5, 0.6) is 0 Å². The molecular weight excluding hydrogens is 160 g/mol. The summed E-state index contributed by atoms with van der Waals surface area (Å²) in [6.45, 7) is 1.08. The molecule has 0 atom stereocenters. The summed E-state index contributed by atoms with van der Waals surface area (Å²) in [5.74, 6) is -0.833. The van der Waals surface area contributed by atoms with E-state index >= 15 is 0 Å². The Balaban J connectivity index is 0.000000261. The van der Waals surface area contributed by atoms with Crippen molar-refractivity contribution in [3.63, 3.8) is 0 Å². The maximum absolute atomic E-state index is 9.00. The highest BCUT2D eigenvalue weighted by Crippen LogP contribution is 2.17. The first-order valence-electron chi connectivity index (χ1n) is 4.08. The number of carboxylic acids is 1. The Hall–Kier alpha value is -0.610. The first kappa shape index (κ1) is 11.4. The molecule has 1 fully saturated rings. The van der Waals surface area contributed by atoms with Gasteiger partial charge in [0.05, 0.1) is 12.2 Å². The Morgan fingerprint density at radius 2 is 1.25 bits per heavy atom. The zero-order valence-electron chi connectivity index (χ0n) is 7.23. The molecule has 0 aromatic rings. The highest BCUT2D eigenvalue weighted by atomic mass is 16.4. The fourth-order valence-electron chi connectivity index (χ4n) is 1.06. The zero-order chi connectivity index (χ0) is 9.56. The lowest BCUT2D eigenvalue weighted by molar-refractivity contribution is -0.134. The molecule has 0 saturated heterocycles. The molecule has 0 bridgehead atoms. The predicted octanol–water partition coefficient (Wildman–Crippen LogP) is 0.373. The van der Waals surface area contributed by atoms with Gasteiger partial charge in [-0.2, -0.15) is 0 Å². The minimum absolute atomic E-state index is 0.140. The van der Waals surface area contributed by atoms with E-state index in [0.717, 1.165) is 32.6 Å². The average molecular weight is 176 g/mol. The van der Waals surface area contributed by atoms with Crippen LogP contribution in [0.4, 0.5) is 0 Å². The maximum Gasteiger partial charge on any atom is 0.300 e. The molecule has 3 N–H and O–H groups in total. The Morgan fingerprint density at radius 1 is 1.08 bits per heavy atom. The second kappa shape index (κ2) is 5.97. The van der Waals surface area contributed by atoms with E-state index in [4.69, 9.17) is 20.1 Å². The highest BCUT2D eigenvalue weighted by molar-refractivity contribution is 5.62. The van der Waals surface area contributed by atoms with Crippen LogP contribution in [0.3, 0.4) is 0 Å². The van der Waals surface area contributed by atoms with E-state index in [1.54, 1.807) is 0 Å². The number of carboxylic acid groups (broad SMARTS) is 1. The normalized spacial score (nSPS) is 28.6. The van der Waals surface area contributed by atoms with Crippen molar-refractivity contribution in [3.8, 4) is 0 Å². The van der Waals surface area contributed by atoms with E-state index in [1.807, 2.05) is 0 Å². The standard InChI is InChI=1S/C6H12O2.C2H4O2/c7-5-1-2-6(8)4-3-5;1-2(3)4/h5-8H,1-4H2;1H3,(H,3,4). The lowest BCUT2D eigenvalue weighted by atomic mass is 9.95. The summed E-state index contributed by atoms with van der Waals surface area (Å²) >= 11 is 0. The van der Waals surface area contributed by atoms with E-state index in [0.29, 0.717) is 0 Å². The van der Waals surface area contributed by atoms with Crippen LogP contribution in [0.2, 0.25) is 0 Å². The van der Waals surface area contributed by atoms with Crippen molar-refractivity contribution in [1.82, 2.24) is 0 Å². The molecule has 12 heavy (non-hydrogen) atoms. The van der Waals surface area contributed by atoms with E-state index < -0.39 is 5.97 Å². The smallest absolute Gasteiger partial charge is 0.300 e. The molecule has 0 aromatic carbocycles. The van der Waals surface area contributed by atoms with Gasteiger partial charge < -0.3 is 15.3 Å². The van der Waals surface area contributed by atoms with Crippen molar-refractivity contribution in [2.45, 2.75) is 44.8 Å². The summed E-state index contributed by atoms with van der Waals surface area (Å²) in [6, 6.07) is 0. The molecule has 1 aliphatic carbocycles. The fourth-order valence-corrected chi connectivity index (χ4v) is 1.06. The third-order valence-electron chi connectivity index (χ3n) is 1.67. The molecule has 0 unspecified atom stereocenters. The van der Waals surface area contributed by atoms with Crippen molar-refractivity contribution >= 4 is 5.97 Å². The van der Waals surface area contributed by atoms with Crippen LogP contribution in [0.15, 0.2) is 0 Å². The highest BCUT2D eigenvalue weighted by Gasteiger charge is 2.15. The molecule has 1 aliphatic rings. The average Bonchev–Trinajstić information content (AvgIpc) is 1.94. The second-order valence-corrected chi connectivity index (χ2v) is 2.98. The number of hydrogen-bond acceptors (Lipinski definition) is 3. The third-order valence-corrected chi connectivity index (χ3v) is 1.67. The molecule has 4 nitrogen and oxygen atoms in total. The largest absolute Gasteiger partial charge is 0.481 e. The molecule has 0 amide bonds. The summed E-state index contributed by atoms with van der Waals surface area (Å²) in [7, 11) is 0. The van der Waals surface area contributed by atoms with Crippen molar-refractivity contribution < 1.29 is 20.1 Å². The van der Waals surface area contributed by atoms with Gasteiger partial charge in [-0.15, -0.1) is 0 Å². The second-order valence-electron chi connectivity index (χ2n) is 2.98. The lowest BCUT2D eigenvalue weighted by Crippen LogP contribution is -2.21. The fraction of sp³-hybridized carbons (Fsp3) is 0.875. The number of carbonyl (C=O) groups is 1. The van der Waals surface area contributed by atoms with E-state index in [1.165, 1.54) is 0 Å². The summed E-state index contributed by atoms with van der Waals surface area (Å²) < 4.78 is 0. The Labute approximate surface area is 71.8 Å². The molecule has 0 aliphatic heterocycles. The van der Waals surface area contributed by atoms with E-state index in [-0.39, 0.29) is 12.2 Å². The van der Waals surface area contributed by atoms with Crippen LogP contribution in [0.1, 0.15) is 32.6 Å². The third kappa shape index (κ3) is 7.50. The van der Waals surface area contributed by atoms with Crippen molar-refractivity contribution in [2.24, 2.45) is 0 Å². The number of aliphatic hydroxyl groups is 2. The van der Waals surface area contributed by atoms with Crippen LogP contribution in [0, 0.1) is 0 Å². The molecule has 72 valence electrons. The Bertz CT molecular complexity index is 113. The van der Waals surface area contributed by atoms with Crippen LogP contribution in [-0.2, 0) is 4.79 Å². The van der Waals surface area contributed by atoms with Crippen molar-refractivity contribution in [1.29, 1.82) is 0 Å². The molecule has 0 radical (unpaired) electrons. The Morgan fingerprint density at radius 3 is 1.42 bits per heavy atom. The SMILES string of the molecule is CC(=O)O.OC1CCC(O)CC1. The number of aliphatic hydroxyl groups excluding tert-OH is 2. The van der Waals surface area contributed by atoms with Gasteiger partial charge in [-0.05, 0) is 25.7 Å². The maximum atomic E-state index is 9.00. The summed E-state index contributed by atoms with van der Waals surface area (Å²) in [6.07, 6.45) is 2.83. The summed E-state index contributed by atoms with van der Waals surface area (Å²) in [5.41, 5.74) is 0. The van der Waals surface area contributed by atoms with Gasteiger partial charge in [-0.1, -0.05) is 0 Å². The van der Waals surface area contributed by atoms with Crippen LogP contribution < -0.4 is 0 Å². The molecule has 0 spiro atoms. The van der Waals surface area contributed by atoms with Gasteiger partial charge >= 0.3 is 0 Å². The topological polar surface area (TPSA) is 77.8 Å². The van der Waals surface area contributed by atoms with Crippen LogP contribution in [0.25, 0.3) is 0 Å². The Kier molecular flexibility index (Phi) is 5.66. The summed E-state index contributed by atoms with van der Waals surface area (Å²) in [5, 5.41) is 25.2. The van der Waals surface area contributed by atoms with Crippen LogP contribution >= 0.6 is 0 Å². The number of hydrogen-bond donors (Lipinski definition) is 3. The quantitative estimate of drug-likeness (QED) is 0.498. The van der Waals surface area contributed by atoms with E-state index in [2.05, 4.69) is 0 Å². The first-order chi connectivity index (χ1) is 5.52. The molecule has 1 saturated carbocycles. The predicted molar refractivity (Wildman–Crippen MR) is 43.8 cm³/mol. The van der Waals surface area contributed by atoms with Gasteiger partial charge in [0.15, 0.2) is 0 Å². The van der Waals surface area contributed by atoms with Crippen LogP contribution in [-0.4, -0.2) is 33.5 Å². The van der Waals surface area contributed by atoms with Gasteiger partial charge in [-0.25, -0.2) is 0 Å². The van der Waals surface area contributed by atoms with Crippen molar-refractivity contribution in [3.05, 3.63) is 0 Å². The van der Waals surface area contributed by atoms with Gasteiger partial charge in [0, 0.05) is 6.92 Å². The summed E-state index contributed by atoms with van der Waals surface area (Å²) in [4.78, 5) is 9.00. The molecule has 1 rings (SSSR count). The van der Waals surface area contributed by atoms with Gasteiger partial charge in [0.1, 0.15) is 0 Å². The number of rotatable bonds is 0. The molecular formula is C8H16O4.